The highest BCUT2D eigenvalue weighted by Gasteiger charge is 2.51. The van der Waals surface area contributed by atoms with Gasteiger partial charge < -0.3 is 25.2 Å². The molecule has 11 heteroatoms. The highest BCUT2D eigenvalue weighted by atomic mass is 16.3. The quantitative estimate of drug-likeness (QED) is 0.276. The molecule has 4 amide bonds. The van der Waals surface area contributed by atoms with E-state index in [1.165, 1.54) is 0 Å². The summed E-state index contributed by atoms with van der Waals surface area (Å²) in [5.41, 5.74) is 4.29. The van der Waals surface area contributed by atoms with Crippen LogP contribution in [0.1, 0.15) is 16.7 Å². The fourth-order valence-electron chi connectivity index (χ4n) is 5.85. The third-order valence-electron chi connectivity index (χ3n) is 7.89. The van der Waals surface area contributed by atoms with Gasteiger partial charge in [0, 0.05) is 26.1 Å². The number of phenols is 1. The van der Waals surface area contributed by atoms with Gasteiger partial charge in [0.1, 0.15) is 18.0 Å². The van der Waals surface area contributed by atoms with Gasteiger partial charge in [-0.1, -0.05) is 54.6 Å². The van der Waals surface area contributed by atoms with Crippen LogP contribution in [-0.2, 0) is 29.1 Å². The molecule has 2 fully saturated rings. The number of imidazole rings is 1. The lowest BCUT2D eigenvalue weighted by Crippen LogP contribution is -2.76. The van der Waals surface area contributed by atoms with Gasteiger partial charge >= 0.3 is 6.03 Å². The number of aromatic hydroxyl groups is 1. The highest BCUT2D eigenvalue weighted by molar-refractivity contribution is 5.92. The van der Waals surface area contributed by atoms with Crippen LogP contribution in [0.15, 0.2) is 91.8 Å². The maximum Gasteiger partial charge on any atom is 0.334 e. The van der Waals surface area contributed by atoms with E-state index in [4.69, 9.17) is 0 Å². The molecule has 0 spiro atoms. The maximum atomic E-state index is 14.1. The fourth-order valence-corrected chi connectivity index (χ4v) is 5.85. The molecule has 1 aromatic heterocycles. The number of fused-ring (bicyclic) bond motifs is 2. The Morgan fingerprint density at radius 1 is 1.05 bits per heavy atom. The van der Waals surface area contributed by atoms with Crippen molar-refractivity contribution in [2.75, 3.05) is 19.6 Å². The number of nitrogens with one attached hydrogen (secondary N) is 2. The highest BCUT2D eigenvalue weighted by Crippen LogP contribution is 2.30. The predicted octanol–water partition coefficient (Wildman–Crippen LogP) is 3.01. The Kier molecular flexibility index (Phi) is 7.80. The molecular weight excluding hydrogens is 546 g/mol. The van der Waals surface area contributed by atoms with Crippen molar-refractivity contribution in [1.29, 1.82) is 0 Å². The summed E-state index contributed by atoms with van der Waals surface area (Å²) < 4.78 is 0. The lowest BCUT2D eigenvalue weighted by Gasteiger charge is -2.55. The van der Waals surface area contributed by atoms with E-state index in [2.05, 4.69) is 21.9 Å². The molecule has 2 aliphatic heterocycles. The number of amides is 4. The predicted molar refractivity (Wildman–Crippen MR) is 160 cm³/mol. The Morgan fingerprint density at radius 2 is 1.81 bits per heavy atom. The van der Waals surface area contributed by atoms with Crippen LogP contribution in [0.5, 0.6) is 5.75 Å². The first-order valence-electron chi connectivity index (χ1n) is 14.2. The summed E-state index contributed by atoms with van der Waals surface area (Å²) in [6.07, 6.45) is 2.77. The number of carbonyl (C=O) groups is 3. The monoisotopic (exact) mass is 579 g/mol. The zero-order valence-electron chi connectivity index (χ0n) is 23.6. The smallest absolute Gasteiger partial charge is 0.334 e. The van der Waals surface area contributed by atoms with Gasteiger partial charge in [-0.3, -0.25) is 9.59 Å². The number of rotatable bonds is 8. The summed E-state index contributed by atoms with van der Waals surface area (Å²) in [5, 5.41) is 16.0. The molecule has 0 unspecified atom stereocenters. The molecule has 3 heterocycles. The second-order valence-corrected chi connectivity index (χ2v) is 10.8. The lowest BCUT2D eigenvalue weighted by atomic mass is 9.98. The van der Waals surface area contributed by atoms with Gasteiger partial charge in [0.05, 0.1) is 30.5 Å². The van der Waals surface area contributed by atoms with Crippen molar-refractivity contribution in [3.05, 3.63) is 108 Å². The summed E-state index contributed by atoms with van der Waals surface area (Å²) in [6, 6.07) is 20.8. The minimum Gasteiger partial charge on any atom is -0.508 e. The molecule has 220 valence electrons. The summed E-state index contributed by atoms with van der Waals surface area (Å²) in [5.74, 6) is -0.336. The van der Waals surface area contributed by atoms with Gasteiger partial charge in [-0.15, -0.1) is 6.58 Å². The van der Waals surface area contributed by atoms with Crippen molar-refractivity contribution in [3.63, 3.8) is 0 Å². The number of aromatic nitrogens is 2. The third kappa shape index (κ3) is 5.80. The van der Waals surface area contributed by atoms with Gasteiger partial charge in [0.2, 0.25) is 11.8 Å². The molecule has 0 bridgehead atoms. The Balaban J connectivity index is 1.34. The third-order valence-corrected chi connectivity index (χ3v) is 7.89. The fraction of sp³-hybridized carbons (Fsp3) is 0.250. The SMILES string of the molecule is C=CCN1CC(=O)N2[C@@H](Cc3ccc(O)cc3)C(=O)N(Cc3ccc4[nH]cnc4c3)C[C@@H]2N1C(=O)NCc1ccccc1. The summed E-state index contributed by atoms with van der Waals surface area (Å²) >= 11 is 0. The number of benzene rings is 3. The number of hydrogen-bond acceptors (Lipinski definition) is 6. The van der Waals surface area contributed by atoms with Crippen molar-refractivity contribution >= 4 is 28.9 Å². The minimum absolute atomic E-state index is 0.0730. The first-order valence-corrected chi connectivity index (χ1v) is 14.2. The van der Waals surface area contributed by atoms with Crippen molar-refractivity contribution in [2.45, 2.75) is 31.7 Å². The van der Waals surface area contributed by atoms with Crippen LogP contribution in [0, 0.1) is 0 Å². The molecule has 3 aromatic carbocycles. The van der Waals surface area contributed by atoms with Gasteiger partial charge in [-0.2, -0.15) is 0 Å². The number of carbonyl (C=O) groups excluding carboxylic acids is 3. The summed E-state index contributed by atoms with van der Waals surface area (Å²) in [7, 11) is 0. The first-order chi connectivity index (χ1) is 20.9. The van der Waals surface area contributed by atoms with E-state index in [9.17, 15) is 19.5 Å². The lowest BCUT2D eigenvalue weighted by molar-refractivity contribution is -0.189. The molecule has 2 aliphatic rings. The molecule has 0 saturated carbocycles. The summed E-state index contributed by atoms with van der Waals surface area (Å²) in [6.45, 7) is 4.76. The van der Waals surface area contributed by atoms with Crippen LogP contribution in [0.2, 0.25) is 0 Å². The molecule has 2 saturated heterocycles. The van der Waals surface area contributed by atoms with Crippen LogP contribution in [0.25, 0.3) is 11.0 Å². The van der Waals surface area contributed by atoms with E-state index in [1.54, 1.807) is 56.5 Å². The largest absolute Gasteiger partial charge is 0.508 e. The average Bonchev–Trinajstić information content (AvgIpc) is 3.48. The Bertz CT molecular complexity index is 1640. The molecule has 43 heavy (non-hydrogen) atoms. The van der Waals surface area contributed by atoms with Gasteiger partial charge in [0.15, 0.2) is 0 Å². The zero-order chi connectivity index (χ0) is 29.9. The number of hydrogen-bond donors (Lipinski definition) is 3. The van der Waals surface area contributed by atoms with Crippen LogP contribution in [0.3, 0.4) is 0 Å². The molecule has 0 radical (unpaired) electrons. The number of phenolic OH excluding ortho intramolecular Hbond substituents is 1. The van der Waals surface area contributed by atoms with E-state index in [0.717, 1.165) is 27.7 Å². The number of urea groups is 1. The average molecular weight is 580 g/mol. The van der Waals surface area contributed by atoms with Gasteiger partial charge in [-0.05, 0) is 41.0 Å². The minimum atomic E-state index is -0.847. The van der Waals surface area contributed by atoms with Crippen molar-refractivity contribution < 1.29 is 19.5 Å². The molecule has 6 rings (SSSR count). The van der Waals surface area contributed by atoms with Gasteiger partial charge in [-0.25, -0.2) is 19.8 Å². The standard InChI is InChI=1S/C32H33N7O4/c1-2-14-37-20-30(41)38-28(16-22-8-11-25(40)12-9-22)31(42)36(18-24-10-13-26-27(15-24)35-21-34-26)19-29(38)39(37)32(43)33-17-23-6-4-3-5-7-23/h2-13,15,21,28-29,40H,1,14,16-20H2,(H,33,43)(H,34,35)/t28-,29-/m0/s1. The second-order valence-electron chi connectivity index (χ2n) is 10.8. The van der Waals surface area contributed by atoms with E-state index >= 15 is 0 Å². The topological polar surface area (TPSA) is 125 Å². The van der Waals surface area contributed by atoms with Gasteiger partial charge in [0.25, 0.3) is 0 Å². The molecule has 3 N–H and O–H groups in total. The Morgan fingerprint density at radius 3 is 2.58 bits per heavy atom. The van der Waals surface area contributed by atoms with Crippen LogP contribution in [0.4, 0.5) is 4.79 Å². The van der Waals surface area contributed by atoms with E-state index < -0.39 is 12.2 Å². The number of piperazine rings is 1. The Labute approximate surface area is 249 Å². The molecular formula is C32H33N7O4. The Hall–Kier alpha value is -5.16. The molecule has 4 aromatic rings. The van der Waals surface area contributed by atoms with E-state index in [-0.39, 0.29) is 56.2 Å². The van der Waals surface area contributed by atoms with Crippen molar-refractivity contribution in [2.24, 2.45) is 0 Å². The second kappa shape index (κ2) is 12.0. The molecule has 0 aliphatic carbocycles. The number of hydrazine groups is 1. The zero-order valence-corrected chi connectivity index (χ0v) is 23.6. The molecule has 11 nitrogen and oxygen atoms in total. The normalized spacial score (nSPS) is 19.0. The molecule has 2 atom stereocenters. The van der Waals surface area contributed by atoms with Crippen LogP contribution < -0.4 is 5.32 Å². The first kappa shape index (κ1) is 28.0. The van der Waals surface area contributed by atoms with Crippen molar-refractivity contribution in [1.82, 2.24) is 35.1 Å². The van der Waals surface area contributed by atoms with E-state index in [0.29, 0.717) is 6.54 Å². The number of nitrogens with zero attached hydrogens (tertiary/aromatic N) is 5. The maximum absolute atomic E-state index is 14.1. The van der Waals surface area contributed by atoms with E-state index in [1.807, 2.05) is 48.5 Å². The van der Waals surface area contributed by atoms with Crippen LogP contribution >= 0.6 is 0 Å². The summed E-state index contributed by atoms with van der Waals surface area (Å²) in [4.78, 5) is 52.4. The van der Waals surface area contributed by atoms with Crippen LogP contribution in [-0.4, -0.2) is 84.6 Å². The number of H-pyrrole nitrogens is 1. The number of aromatic amines is 1. The van der Waals surface area contributed by atoms with Crippen molar-refractivity contribution in [3.8, 4) is 5.75 Å².